The molecule has 0 atom stereocenters. The molecule has 0 amide bonds. The highest BCUT2D eigenvalue weighted by Gasteiger charge is 2.96. The Morgan fingerprint density at radius 1 is 0.684 bits per heavy atom. The summed E-state index contributed by atoms with van der Waals surface area (Å²) in [7, 11) is 0. The quantitative estimate of drug-likeness (QED) is 0.556. The molecule has 1 rings (SSSR count). The molecule has 13 heteroatoms. The second-order valence-corrected chi connectivity index (χ2v) is 3.46. The Hall–Kier alpha value is -0.880. The van der Waals surface area contributed by atoms with Crippen LogP contribution < -0.4 is 0 Å². The van der Waals surface area contributed by atoms with Crippen molar-refractivity contribution in [3.8, 4) is 0 Å². The van der Waals surface area contributed by atoms with E-state index in [2.05, 4.69) is 0 Å². The van der Waals surface area contributed by atoms with E-state index in [1.54, 1.807) is 0 Å². The molecule has 1 aliphatic rings. The van der Waals surface area contributed by atoms with Crippen LogP contribution in [0.5, 0.6) is 0 Å². The van der Waals surface area contributed by atoms with E-state index in [1.165, 1.54) is 0 Å². The van der Waals surface area contributed by atoms with Crippen molar-refractivity contribution in [2.45, 2.75) is 36.4 Å². The number of hydrogen-bond acceptors (Lipinski definition) is 1. The first kappa shape index (κ1) is 16.2. The monoisotopic (exact) mass is 315 g/mol. The maximum atomic E-state index is 12.6. The summed E-state index contributed by atoms with van der Waals surface area (Å²) in [6.07, 6.45) is -5.33. The third-order valence-corrected chi connectivity index (χ3v) is 2.27. The summed E-state index contributed by atoms with van der Waals surface area (Å²) >= 11 is 0. The fourth-order valence-corrected chi connectivity index (χ4v) is 1.31. The molecule has 0 saturated carbocycles. The van der Waals surface area contributed by atoms with Gasteiger partial charge in [-0.05, 0) is 0 Å². The van der Waals surface area contributed by atoms with Crippen LogP contribution >= 0.6 is 0 Å². The van der Waals surface area contributed by atoms with Crippen LogP contribution in [0.2, 0.25) is 0 Å². The molecule has 0 unspecified atom stereocenters. The van der Waals surface area contributed by atoms with Crippen LogP contribution in [0.1, 0.15) is 0 Å². The first-order valence-electron chi connectivity index (χ1n) is 4.04. The Morgan fingerprint density at radius 2 is 0.947 bits per heavy atom. The van der Waals surface area contributed by atoms with Crippen LogP contribution in [-0.2, 0) is 0 Å². The Kier molecular flexibility index (Phi) is 3.07. The number of nitrogens with zero attached hydrogens (tertiary/aromatic N) is 1. The standard InChI is InChI=1S/C6HF12N/c7-1(8)2(9,10)19-5(15,16)3(11,12)4(13,14)6(19,17)18/h1H. The van der Waals surface area contributed by atoms with Crippen LogP contribution in [0.25, 0.3) is 0 Å². The molecule has 0 N–H and O–H groups in total. The summed E-state index contributed by atoms with van der Waals surface area (Å²) in [4.78, 5) is -3.45. The van der Waals surface area contributed by atoms with E-state index >= 15 is 0 Å². The second kappa shape index (κ2) is 3.61. The lowest BCUT2D eigenvalue weighted by Gasteiger charge is -2.33. The van der Waals surface area contributed by atoms with Gasteiger partial charge in [0.25, 0.3) is 0 Å². The van der Waals surface area contributed by atoms with Crippen LogP contribution in [-0.4, -0.2) is 41.3 Å². The van der Waals surface area contributed by atoms with E-state index in [0.717, 1.165) is 0 Å². The zero-order valence-corrected chi connectivity index (χ0v) is 8.06. The lowest BCUT2D eigenvalue weighted by molar-refractivity contribution is -0.386. The average molecular weight is 315 g/mol. The third kappa shape index (κ3) is 1.56. The first-order valence-corrected chi connectivity index (χ1v) is 4.04. The molecule has 1 fully saturated rings. The lowest BCUT2D eigenvalue weighted by Crippen LogP contribution is -2.61. The molecule has 1 aliphatic heterocycles. The predicted octanol–water partition coefficient (Wildman–Crippen LogP) is 3.62. The van der Waals surface area contributed by atoms with E-state index in [4.69, 9.17) is 0 Å². The molecule has 0 bridgehead atoms. The number of likely N-dealkylation sites (tertiary alicyclic amines) is 1. The lowest BCUT2D eigenvalue weighted by atomic mass is 10.2. The van der Waals surface area contributed by atoms with Crippen molar-refractivity contribution < 1.29 is 52.7 Å². The molecule has 0 radical (unpaired) electrons. The van der Waals surface area contributed by atoms with Crippen molar-refractivity contribution in [1.82, 2.24) is 4.90 Å². The van der Waals surface area contributed by atoms with Crippen LogP contribution in [0, 0.1) is 0 Å². The third-order valence-electron chi connectivity index (χ3n) is 2.27. The van der Waals surface area contributed by atoms with Gasteiger partial charge in [-0.1, -0.05) is 0 Å². The molecule has 1 nitrogen and oxygen atoms in total. The van der Waals surface area contributed by atoms with Crippen molar-refractivity contribution in [3.63, 3.8) is 0 Å². The van der Waals surface area contributed by atoms with E-state index < -0.39 is 41.3 Å². The molecular weight excluding hydrogens is 314 g/mol. The molecule has 0 aliphatic carbocycles. The van der Waals surface area contributed by atoms with Crippen molar-refractivity contribution in [3.05, 3.63) is 0 Å². The molecule has 0 aromatic carbocycles. The van der Waals surface area contributed by atoms with Crippen molar-refractivity contribution in [1.29, 1.82) is 0 Å². The van der Waals surface area contributed by atoms with Gasteiger partial charge in [0.1, 0.15) is 0 Å². The van der Waals surface area contributed by atoms with Gasteiger partial charge < -0.3 is 0 Å². The Morgan fingerprint density at radius 3 is 1.16 bits per heavy atom. The van der Waals surface area contributed by atoms with Crippen LogP contribution in [0.4, 0.5) is 52.7 Å². The Labute approximate surface area is 95.3 Å². The smallest absolute Gasteiger partial charge is 0.202 e. The molecule has 0 spiro atoms. The van der Waals surface area contributed by atoms with E-state index in [9.17, 15) is 52.7 Å². The summed E-state index contributed by atoms with van der Waals surface area (Å²) in [6, 6.07) is -20.4. The minimum atomic E-state index is -6.97. The summed E-state index contributed by atoms with van der Waals surface area (Å²) in [5.41, 5.74) is 0. The minimum absolute atomic E-state index is 3.45. The number of halogens is 12. The SMILES string of the molecule is FC(F)C(F)(F)N1C(F)(F)C(F)(F)C(F)(F)C1(F)F. The number of alkyl halides is 12. The molecular formula is C6HF12N. The molecule has 1 saturated heterocycles. The largest absolute Gasteiger partial charge is 0.394 e. The Balaban J connectivity index is 3.57. The van der Waals surface area contributed by atoms with Gasteiger partial charge in [0, 0.05) is 0 Å². The van der Waals surface area contributed by atoms with Gasteiger partial charge in [-0.15, -0.1) is 4.90 Å². The summed E-state index contributed by atoms with van der Waals surface area (Å²) in [5, 5.41) is 0. The first-order chi connectivity index (χ1) is 8.06. The number of rotatable bonds is 2. The highest BCUT2D eigenvalue weighted by Crippen LogP contribution is 2.65. The zero-order chi connectivity index (χ0) is 15.7. The van der Waals surface area contributed by atoms with Gasteiger partial charge >= 0.3 is 36.4 Å². The van der Waals surface area contributed by atoms with Gasteiger partial charge in [-0.25, -0.2) is 8.78 Å². The van der Waals surface area contributed by atoms with Gasteiger partial charge in [0.05, 0.1) is 0 Å². The minimum Gasteiger partial charge on any atom is -0.202 e. The van der Waals surface area contributed by atoms with Gasteiger partial charge in [-0.2, -0.15) is 43.9 Å². The summed E-state index contributed by atoms with van der Waals surface area (Å²) in [6.45, 7) is 0. The molecule has 19 heavy (non-hydrogen) atoms. The summed E-state index contributed by atoms with van der Waals surface area (Å²) in [5.74, 6) is -13.9. The van der Waals surface area contributed by atoms with Crippen molar-refractivity contribution in [2.24, 2.45) is 0 Å². The molecule has 114 valence electrons. The maximum Gasteiger partial charge on any atom is 0.394 e. The zero-order valence-electron chi connectivity index (χ0n) is 8.06. The van der Waals surface area contributed by atoms with Gasteiger partial charge in [0.15, 0.2) is 0 Å². The molecule has 1 heterocycles. The second-order valence-electron chi connectivity index (χ2n) is 3.46. The Bertz CT molecular complexity index is 346. The van der Waals surface area contributed by atoms with E-state index in [1.807, 2.05) is 0 Å². The molecule has 0 aromatic heterocycles. The van der Waals surface area contributed by atoms with Gasteiger partial charge in [0.2, 0.25) is 0 Å². The topological polar surface area (TPSA) is 3.24 Å². The van der Waals surface area contributed by atoms with E-state index in [0.29, 0.717) is 0 Å². The fraction of sp³-hybridized carbons (Fsp3) is 1.00. The fourth-order valence-electron chi connectivity index (χ4n) is 1.31. The highest BCUT2D eigenvalue weighted by molar-refractivity contribution is 5.13. The normalized spacial score (nSPS) is 28.9. The van der Waals surface area contributed by atoms with Crippen molar-refractivity contribution >= 4 is 0 Å². The van der Waals surface area contributed by atoms with Crippen LogP contribution in [0.3, 0.4) is 0 Å². The van der Waals surface area contributed by atoms with E-state index in [-0.39, 0.29) is 0 Å². The predicted molar refractivity (Wildman–Crippen MR) is 32.6 cm³/mol. The average Bonchev–Trinajstić information content (AvgIpc) is 2.20. The van der Waals surface area contributed by atoms with Crippen molar-refractivity contribution in [2.75, 3.05) is 0 Å². The van der Waals surface area contributed by atoms with Gasteiger partial charge in [-0.3, -0.25) is 0 Å². The highest BCUT2D eigenvalue weighted by atomic mass is 19.4. The number of hydrogen-bond donors (Lipinski definition) is 0. The summed E-state index contributed by atoms with van der Waals surface area (Å²) < 4.78 is 149. The molecule has 0 aromatic rings. The maximum absolute atomic E-state index is 12.6. The van der Waals surface area contributed by atoms with Crippen LogP contribution in [0.15, 0.2) is 0 Å².